The fourth-order valence-electron chi connectivity index (χ4n) is 3.03. The number of carboxylic acids is 1. The van der Waals surface area contributed by atoms with Crippen LogP contribution in [0.15, 0.2) is 22.8 Å². The van der Waals surface area contributed by atoms with E-state index in [0.29, 0.717) is 5.76 Å². The van der Waals surface area contributed by atoms with E-state index in [9.17, 15) is 14.7 Å². The predicted molar refractivity (Wildman–Crippen MR) is 63.1 cm³/mol. The summed E-state index contributed by atoms with van der Waals surface area (Å²) in [6.45, 7) is 0.270. The average molecular weight is 265 g/mol. The Hall–Kier alpha value is -1.82. The number of nitrogens with one attached hydrogen (secondary N) is 1. The Bertz CT molecular complexity index is 483. The van der Waals surface area contributed by atoms with E-state index < -0.39 is 17.8 Å². The minimum absolute atomic E-state index is 0.261. The van der Waals surface area contributed by atoms with E-state index in [1.54, 1.807) is 12.1 Å². The molecule has 1 aromatic rings. The second-order valence-corrected chi connectivity index (χ2v) is 4.98. The molecule has 2 aliphatic heterocycles. The van der Waals surface area contributed by atoms with Crippen molar-refractivity contribution in [2.45, 2.75) is 31.6 Å². The molecule has 0 spiro atoms. The lowest BCUT2D eigenvalue weighted by Gasteiger charge is -2.23. The lowest BCUT2D eigenvalue weighted by Crippen LogP contribution is -2.43. The van der Waals surface area contributed by atoms with Crippen LogP contribution in [0.1, 0.15) is 18.6 Å². The summed E-state index contributed by atoms with van der Waals surface area (Å²) in [7, 11) is 0. The maximum atomic E-state index is 12.1. The number of furan rings is 1. The normalized spacial score (nSPS) is 32.4. The van der Waals surface area contributed by atoms with Gasteiger partial charge in [-0.25, -0.2) is 0 Å². The van der Waals surface area contributed by atoms with Gasteiger partial charge in [0.25, 0.3) is 0 Å². The van der Waals surface area contributed by atoms with Gasteiger partial charge in [0.2, 0.25) is 5.91 Å². The molecule has 1 amide bonds. The molecule has 102 valence electrons. The second-order valence-electron chi connectivity index (χ2n) is 4.98. The van der Waals surface area contributed by atoms with Crippen molar-refractivity contribution in [3.05, 3.63) is 24.2 Å². The zero-order valence-corrected chi connectivity index (χ0v) is 10.2. The zero-order valence-electron chi connectivity index (χ0n) is 10.2. The van der Waals surface area contributed by atoms with Crippen molar-refractivity contribution in [1.82, 2.24) is 5.32 Å². The first-order chi connectivity index (χ1) is 9.16. The summed E-state index contributed by atoms with van der Waals surface area (Å²) < 4.78 is 10.7. The van der Waals surface area contributed by atoms with Crippen LogP contribution >= 0.6 is 0 Å². The highest BCUT2D eigenvalue weighted by Gasteiger charge is 2.55. The summed E-state index contributed by atoms with van der Waals surface area (Å²) in [5.41, 5.74) is 0. The molecule has 2 aliphatic rings. The summed E-state index contributed by atoms with van der Waals surface area (Å²) >= 11 is 0. The molecular weight excluding hydrogens is 250 g/mol. The van der Waals surface area contributed by atoms with Crippen LogP contribution in [0.5, 0.6) is 0 Å². The van der Waals surface area contributed by atoms with E-state index in [4.69, 9.17) is 9.15 Å². The third-order valence-electron chi connectivity index (χ3n) is 3.88. The largest absolute Gasteiger partial charge is 0.481 e. The van der Waals surface area contributed by atoms with Crippen LogP contribution in [0, 0.1) is 11.8 Å². The number of hydrogen-bond donors (Lipinski definition) is 2. The van der Waals surface area contributed by atoms with Gasteiger partial charge in [-0.2, -0.15) is 0 Å². The van der Waals surface area contributed by atoms with Gasteiger partial charge in [-0.05, 0) is 25.0 Å². The van der Waals surface area contributed by atoms with Crippen molar-refractivity contribution < 1.29 is 23.8 Å². The second kappa shape index (κ2) is 4.70. The van der Waals surface area contributed by atoms with Gasteiger partial charge in [-0.15, -0.1) is 0 Å². The van der Waals surface area contributed by atoms with Gasteiger partial charge in [0, 0.05) is 0 Å². The summed E-state index contributed by atoms with van der Waals surface area (Å²) in [5.74, 6) is -1.90. The average Bonchev–Trinajstić information content (AvgIpc) is 3.10. The Morgan fingerprint density at radius 3 is 2.68 bits per heavy atom. The minimum Gasteiger partial charge on any atom is -0.481 e. The Labute approximate surface area is 109 Å². The lowest BCUT2D eigenvalue weighted by molar-refractivity contribution is -0.147. The predicted octanol–water partition coefficient (Wildman–Crippen LogP) is 0.774. The lowest BCUT2D eigenvalue weighted by atomic mass is 9.79. The van der Waals surface area contributed by atoms with E-state index >= 15 is 0 Å². The number of rotatable bonds is 4. The van der Waals surface area contributed by atoms with Crippen molar-refractivity contribution in [3.63, 3.8) is 0 Å². The first-order valence-corrected chi connectivity index (χ1v) is 6.35. The van der Waals surface area contributed by atoms with Gasteiger partial charge in [-0.1, -0.05) is 0 Å². The first kappa shape index (κ1) is 12.2. The molecular formula is C13H15NO5. The quantitative estimate of drug-likeness (QED) is 0.839. The Kier molecular flexibility index (Phi) is 3.02. The SMILES string of the molecule is O=C(O)[C@@H]1[C@H](C(=O)NCc2ccco2)[C@@H]2CC[C@@H]1O2. The van der Waals surface area contributed by atoms with Gasteiger partial charge in [-0.3, -0.25) is 9.59 Å². The number of hydrogen-bond acceptors (Lipinski definition) is 4. The zero-order chi connectivity index (χ0) is 13.4. The molecule has 3 heterocycles. The molecule has 3 rings (SSSR count). The van der Waals surface area contributed by atoms with Gasteiger partial charge in [0.15, 0.2) is 0 Å². The molecule has 4 atom stereocenters. The van der Waals surface area contributed by atoms with Crippen LogP contribution in [-0.2, 0) is 20.9 Å². The van der Waals surface area contributed by atoms with Gasteiger partial charge >= 0.3 is 5.97 Å². The molecule has 2 fully saturated rings. The summed E-state index contributed by atoms with van der Waals surface area (Å²) in [6.07, 6.45) is 2.43. The fourth-order valence-corrected chi connectivity index (χ4v) is 3.03. The number of carboxylic acid groups (broad SMARTS) is 1. The highest BCUT2D eigenvalue weighted by Crippen LogP contribution is 2.43. The minimum atomic E-state index is -0.953. The first-order valence-electron chi connectivity index (χ1n) is 6.35. The van der Waals surface area contributed by atoms with Crippen LogP contribution in [0.4, 0.5) is 0 Å². The van der Waals surface area contributed by atoms with Crippen molar-refractivity contribution in [1.29, 1.82) is 0 Å². The van der Waals surface area contributed by atoms with Crippen LogP contribution in [-0.4, -0.2) is 29.2 Å². The molecule has 1 aromatic heterocycles. The molecule has 2 bridgehead atoms. The number of fused-ring (bicyclic) bond motifs is 2. The van der Waals surface area contributed by atoms with Crippen molar-refractivity contribution in [2.24, 2.45) is 11.8 Å². The van der Waals surface area contributed by atoms with E-state index in [1.807, 2.05) is 0 Å². The monoisotopic (exact) mass is 265 g/mol. The third kappa shape index (κ3) is 2.12. The Morgan fingerprint density at radius 2 is 2.05 bits per heavy atom. The van der Waals surface area contributed by atoms with E-state index in [0.717, 1.165) is 12.8 Å². The molecule has 0 aliphatic carbocycles. The number of carbonyl (C=O) groups excluding carboxylic acids is 1. The van der Waals surface area contributed by atoms with Crippen LogP contribution in [0.2, 0.25) is 0 Å². The van der Waals surface area contributed by atoms with Crippen molar-refractivity contribution in [3.8, 4) is 0 Å². The molecule has 0 unspecified atom stereocenters. The fraction of sp³-hybridized carbons (Fsp3) is 0.538. The molecule has 19 heavy (non-hydrogen) atoms. The Balaban J connectivity index is 1.66. The maximum Gasteiger partial charge on any atom is 0.310 e. The molecule has 6 nitrogen and oxygen atoms in total. The van der Waals surface area contributed by atoms with Crippen LogP contribution < -0.4 is 5.32 Å². The van der Waals surface area contributed by atoms with E-state index in [-0.39, 0.29) is 24.7 Å². The van der Waals surface area contributed by atoms with E-state index in [2.05, 4.69) is 5.32 Å². The molecule has 2 saturated heterocycles. The summed E-state index contributed by atoms with van der Waals surface area (Å²) in [6, 6.07) is 3.49. The molecule has 0 radical (unpaired) electrons. The van der Waals surface area contributed by atoms with Gasteiger partial charge < -0.3 is 19.6 Å². The summed E-state index contributed by atoms with van der Waals surface area (Å²) in [4.78, 5) is 23.4. The maximum absolute atomic E-state index is 12.1. The van der Waals surface area contributed by atoms with E-state index in [1.165, 1.54) is 6.26 Å². The van der Waals surface area contributed by atoms with Gasteiger partial charge in [0.1, 0.15) is 5.76 Å². The third-order valence-corrected chi connectivity index (χ3v) is 3.88. The van der Waals surface area contributed by atoms with Gasteiger partial charge in [0.05, 0.1) is 36.9 Å². The number of aliphatic carboxylic acids is 1. The topological polar surface area (TPSA) is 88.8 Å². The number of ether oxygens (including phenoxy) is 1. The van der Waals surface area contributed by atoms with Crippen molar-refractivity contribution in [2.75, 3.05) is 0 Å². The highest BCUT2D eigenvalue weighted by molar-refractivity contribution is 5.86. The Morgan fingerprint density at radius 1 is 1.32 bits per heavy atom. The number of amides is 1. The number of carbonyl (C=O) groups is 2. The standard InChI is InChI=1S/C13H15NO5/c15-12(14-6-7-2-1-5-18-7)10-8-3-4-9(19-8)11(10)13(16)17/h1-2,5,8-11H,3-4,6H2,(H,14,15)(H,16,17)/t8-,9-,10+,11-/m0/s1. The van der Waals surface area contributed by atoms with Crippen molar-refractivity contribution >= 4 is 11.9 Å². The van der Waals surface area contributed by atoms with Crippen LogP contribution in [0.25, 0.3) is 0 Å². The highest BCUT2D eigenvalue weighted by atomic mass is 16.5. The molecule has 0 aromatic carbocycles. The smallest absolute Gasteiger partial charge is 0.310 e. The molecule has 0 saturated carbocycles. The molecule has 2 N–H and O–H groups in total. The molecule has 6 heteroatoms. The summed E-state index contributed by atoms with van der Waals surface area (Å²) in [5, 5.41) is 11.9. The van der Waals surface area contributed by atoms with Crippen LogP contribution in [0.3, 0.4) is 0 Å².